The van der Waals surface area contributed by atoms with Crippen LogP contribution in [-0.4, -0.2) is 11.9 Å². The molecular formula is C14H20ClNO2. The molecular weight excluding hydrogens is 250 g/mol. The van der Waals surface area contributed by atoms with E-state index in [1.54, 1.807) is 12.1 Å². The zero-order valence-electron chi connectivity index (χ0n) is 10.7. The Hall–Kier alpha value is -0.960. The first-order valence-corrected chi connectivity index (χ1v) is 7.15. The number of carbonyl (C=O) groups is 1. The molecule has 0 aliphatic heterocycles. The number of hydrogen-bond donors (Lipinski definition) is 1. The molecule has 18 heavy (non-hydrogen) atoms. The average Bonchev–Trinajstić information content (AvgIpc) is 2.70. The largest absolute Gasteiger partial charge is 0.454 e. The van der Waals surface area contributed by atoms with Gasteiger partial charge in [-0.2, -0.15) is 0 Å². The van der Waals surface area contributed by atoms with Crippen LogP contribution >= 0.6 is 11.6 Å². The highest BCUT2D eigenvalue weighted by Gasteiger charge is 2.18. The van der Waals surface area contributed by atoms with Crippen molar-refractivity contribution in [3.63, 3.8) is 0 Å². The maximum absolute atomic E-state index is 12.0. The van der Waals surface area contributed by atoms with Crippen LogP contribution < -0.4 is 5.32 Å². The highest BCUT2D eigenvalue weighted by Crippen LogP contribution is 2.22. The molecule has 0 radical (unpaired) electrons. The van der Waals surface area contributed by atoms with E-state index in [-0.39, 0.29) is 11.3 Å². The van der Waals surface area contributed by atoms with Crippen LogP contribution in [0.2, 0.25) is 0 Å². The summed E-state index contributed by atoms with van der Waals surface area (Å²) >= 11 is 5.91. The third kappa shape index (κ3) is 3.52. The minimum Gasteiger partial charge on any atom is -0.454 e. The standard InChI is InChI=1S/C14H20ClNO2/c1-10(15)12-8-9-13(18-12)14(17)16-11-6-4-2-3-5-7-11/h8-11H,2-7H2,1H3,(H,16,17). The van der Waals surface area contributed by atoms with Gasteiger partial charge in [0.15, 0.2) is 5.76 Å². The van der Waals surface area contributed by atoms with Crippen LogP contribution in [0.5, 0.6) is 0 Å². The molecule has 1 aliphatic rings. The monoisotopic (exact) mass is 269 g/mol. The zero-order valence-corrected chi connectivity index (χ0v) is 11.5. The third-order valence-electron chi connectivity index (χ3n) is 3.43. The van der Waals surface area contributed by atoms with Gasteiger partial charge < -0.3 is 9.73 Å². The molecule has 1 fully saturated rings. The summed E-state index contributed by atoms with van der Waals surface area (Å²) in [4.78, 5) is 12.0. The second-order valence-corrected chi connectivity index (χ2v) is 5.63. The van der Waals surface area contributed by atoms with Gasteiger partial charge in [0, 0.05) is 6.04 Å². The van der Waals surface area contributed by atoms with Crippen LogP contribution in [0.15, 0.2) is 16.5 Å². The Morgan fingerprint density at radius 2 is 2.00 bits per heavy atom. The number of amides is 1. The Kier molecular flexibility index (Phi) is 4.70. The first-order valence-electron chi connectivity index (χ1n) is 6.71. The van der Waals surface area contributed by atoms with E-state index in [1.165, 1.54) is 25.7 Å². The highest BCUT2D eigenvalue weighted by molar-refractivity contribution is 6.20. The lowest BCUT2D eigenvalue weighted by Gasteiger charge is -2.15. The van der Waals surface area contributed by atoms with E-state index in [0.717, 1.165) is 12.8 Å². The van der Waals surface area contributed by atoms with Crippen molar-refractivity contribution >= 4 is 17.5 Å². The van der Waals surface area contributed by atoms with Gasteiger partial charge in [-0.15, -0.1) is 11.6 Å². The summed E-state index contributed by atoms with van der Waals surface area (Å²) in [6, 6.07) is 3.75. The lowest BCUT2D eigenvalue weighted by Crippen LogP contribution is -2.34. The summed E-state index contributed by atoms with van der Waals surface area (Å²) in [5, 5.41) is 2.85. The van der Waals surface area contributed by atoms with Gasteiger partial charge in [0.25, 0.3) is 5.91 Å². The van der Waals surface area contributed by atoms with Gasteiger partial charge in [-0.3, -0.25) is 4.79 Å². The molecule has 0 aromatic carbocycles. The molecule has 1 atom stereocenters. The maximum atomic E-state index is 12.0. The van der Waals surface area contributed by atoms with E-state index in [9.17, 15) is 4.79 Å². The number of furan rings is 1. The highest BCUT2D eigenvalue weighted by atomic mass is 35.5. The molecule has 1 amide bonds. The molecule has 0 spiro atoms. The van der Waals surface area contributed by atoms with Crippen molar-refractivity contribution in [3.8, 4) is 0 Å². The van der Waals surface area contributed by atoms with E-state index >= 15 is 0 Å². The number of alkyl halides is 1. The summed E-state index contributed by atoms with van der Waals surface area (Å²) in [7, 11) is 0. The molecule has 2 rings (SSSR count). The Morgan fingerprint density at radius 3 is 2.56 bits per heavy atom. The van der Waals surface area contributed by atoms with Crippen molar-refractivity contribution in [2.24, 2.45) is 0 Å². The normalized spacial score (nSPS) is 19.2. The Morgan fingerprint density at radius 1 is 1.33 bits per heavy atom. The van der Waals surface area contributed by atoms with Crippen LogP contribution in [-0.2, 0) is 0 Å². The van der Waals surface area contributed by atoms with Gasteiger partial charge >= 0.3 is 0 Å². The molecule has 1 unspecified atom stereocenters. The van der Waals surface area contributed by atoms with Gasteiger partial charge in [-0.25, -0.2) is 0 Å². The SMILES string of the molecule is CC(Cl)c1ccc(C(=O)NC2CCCCCC2)o1. The van der Waals surface area contributed by atoms with Crippen LogP contribution in [0, 0.1) is 0 Å². The van der Waals surface area contributed by atoms with Crippen LogP contribution in [0.3, 0.4) is 0 Å². The zero-order chi connectivity index (χ0) is 13.0. The number of halogens is 1. The molecule has 1 heterocycles. The van der Waals surface area contributed by atoms with Crippen molar-refractivity contribution < 1.29 is 9.21 Å². The molecule has 100 valence electrons. The number of hydrogen-bond acceptors (Lipinski definition) is 2. The lowest BCUT2D eigenvalue weighted by molar-refractivity contribution is 0.0903. The molecule has 0 bridgehead atoms. The summed E-state index contributed by atoms with van der Waals surface area (Å²) in [5.41, 5.74) is 0. The average molecular weight is 270 g/mol. The predicted molar refractivity (Wildman–Crippen MR) is 71.9 cm³/mol. The molecule has 0 saturated heterocycles. The van der Waals surface area contributed by atoms with Crippen LogP contribution in [0.25, 0.3) is 0 Å². The molecule has 1 aromatic rings. The van der Waals surface area contributed by atoms with E-state index in [2.05, 4.69) is 5.32 Å². The van der Waals surface area contributed by atoms with E-state index < -0.39 is 0 Å². The van der Waals surface area contributed by atoms with Gasteiger partial charge in [0.2, 0.25) is 0 Å². The minimum atomic E-state index is -0.204. The molecule has 1 N–H and O–H groups in total. The second-order valence-electron chi connectivity index (χ2n) is 4.98. The van der Waals surface area contributed by atoms with Crippen molar-refractivity contribution in [1.82, 2.24) is 5.32 Å². The maximum Gasteiger partial charge on any atom is 0.287 e. The predicted octanol–water partition coefficient (Wildman–Crippen LogP) is 4.03. The summed E-state index contributed by atoms with van der Waals surface area (Å²) < 4.78 is 5.44. The lowest BCUT2D eigenvalue weighted by atomic mass is 10.1. The van der Waals surface area contributed by atoms with Crippen molar-refractivity contribution in [2.75, 3.05) is 0 Å². The van der Waals surface area contributed by atoms with Crippen molar-refractivity contribution in [2.45, 2.75) is 56.9 Å². The van der Waals surface area contributed by atoms with E-state index in [4.69, 9.17) is 16.0 Å². The fourth-order valence-electron chi connectivity index (χ4n) is 2.37. The Bertz CT molecular complexity index is 392. The molecule has 1 saturated carbocycles. The number of carbonyl (C=O) groups excluding carboxylic acids is 1. The van der Waals surface area contributed by atoms with Crippen LogP contribution in [0.4, 0.5) is 0 Å². The van der Waals surface area contributed by atoms with E-state index in [1.807, 2.05) is 6.92 Å². The fraction of sp³-hybridized carbons (Fsp3) is 0.643. The molecule has 1 aromatic heterocycles. The van der Waals surface area contributed by atoms with E-state index in [0.29, 0.717) is 17.6 Å². The van der Waals surface area contributed by atoms with Crippen molar-refractivity contribution in [3.05, 3.63) is 23.7 Å². The summed E-state index contributed by atoms with van der Waals surface area (Å²) in [6.45, 7) is 1.83. The fourth-order valence-corrected chi connectivity index (χ4v) is 2.49. The van der Waals surface area contributed by atoms with Gasteiger partial charge in [-0.1, -0.05) is 25.7 Å². The van der Waals surface area contributed by atoms with Crippen LogP contribution in [0.1, 0.15) is 67.1 Å². The number of nitrogens with one attached hydrogen (secondary N) is 1. The quantitative estimate of drug-likeness (QED) is 0.665. The minimum absolute atomic E-state index is 0.120. The topological polar surface area (TPSA) is 42.2 Å². The first-order chi connectivity index (χ1) is 8.66. The summed E-state index contributed by atoms with van der Waals surface area (Å²) in [6.07, 6.45) is 7.11. The molecule has 4 heteroatoms. The van der Waals surface area contributed by atoms with Crippen molar-refractivity contribution in [1.29, 1.82) is 0 Å². The third-order valence-corrected chi connectivity index (χ3v) is 3.65. The molecule has 3 nitrogen and oxygen atoms in total. The molecule has 1 aliphatic carbocycles. The number of rotatable bonds is 3. The Labute approximate surface area is 113 Å². The van der Waals surface area contributed by atoms with Gasteiger partial charge in [0.05, 0.1) is 5.38 Å². The van der Waals surface area contributed by atoms with Gasteiger partial charge in [0.1, 0.15) is 5.76 Å². The smallest absolute Gasteiger partial charge is 0.287 e. The van der Waals surface area contributed by atoms with Gasteiger partial charge in [-0.05, 0) is 31.9 Å². The Balaban J connectivity index is 1.93. The first kappa shape index (κ1) is 13.5. The summed E-state index contributed by atoms with van der Waals surface area (Å²) in [5.74, 6) is 0.884. The second kappa shape index (κ2) is 6.28.